The molecule has 0 bridgehead atoms. The van der Waals surface area contributed by atoms with E-state index in [1.54, 1.807) is 0 Å². The zero-order valence-electron chi connectivity index (χ0n) is 16.7. The third kappa shape index (κ3) is 6.46. The SMILES string of the molecule is CCN(CC)CCNC(=O)c1ccc(NS(=O)(=O)c2cccc(C(F)(F)F)c2)cc1. The Balaban J connectivity index is 2.04. The van der Waals surface area contributed by atoms with Gasteiger partial charge >= 0.3 is 6.18 Å². The van der Waals surface area contributed by atoms with Gasteiger partial charge in [0, 0.05) is 24.3 Å². The molecule has 0 heterocycles. The van der Waals surface area contributed by atoms with Crippen LogP contribution in [0.4, 0.5) is 18.9 Å². The molecule has 2 N–H and O–H groups in total. The van der Waals surface area contributed by atoms with Gasteiger partial charge in [-0.15, -0.1) is 0 Å². The van der Waals surface area contributed by atoms with Gasteiger partial charge in [-0.1, -0.05) is 19.9 Å². The van der Waals surface area contributed by atoms with Crippen molar-refractivity contribution in [3.05, 3.63) is 59.7 Å². The molecule has 0 aliphatic heterocycles. The van der Waals surface area contributed by atoms with Crippen LogP contribution in [0.1, 0.15) is 29.8 Å². The van der Waals surface area contributed by atoms with Gasteiger partial charge in [0.15, 0.2) is 0 Å². The number of halogens is 3. The molecule has 0 spiro atoms. The predicted octanol–water partition coefficient (Wildman–Crippen LogP) is 3.58. The van der Waals surface area contributed by atoms with Crippen LogP contribution in [0.25, 0.3) is 0 Å². The molecule has 0 radical (unpaired) electrons. The molecule has 0 unspecified atom stereocenters. The van der Waals surface area contributed by atoms with Crippen LogP contribution in [-0.4, -0.2) is 45.4 Å². The molecule has 0 aliphatic rings. The average Bonchev–Trinajstić information content (AvgIpc) is 2.71. The summed E-state index contributed by atoms with van der Waals surface area (Å²) in [5, 5.41) is 2.79. The largest absolute Gasteiger partial charge is 0.416 e. The summed E-state index contributed by atoms with van der Waals surface area (Å²) in [4.78, 5) is 13.8. The molecule has 2 rings (SSSR count). The number of nitrogens with zero attached hydrogens (tertiary/aromatic N) is 1. The third-order valence-electron chi connectivity index (χ3n) is 4.48. The van der Waals surface area contributed by atoms with Crippen molar-refractivity contribution in [3.8, 4) is 0 Å². The van der Waals surface area contributed by atoms with Gasteiger partial charge in [0.2, 0.25) is 0 Å². The van der Waals surface area contributed by atoms with Gasteiger partial charge in [-0.3, -0.25) is 9.52 Å². The van der Waals surface area contributed by atoms with E-state index in [0.717, 1.165) is 31.3 Å². The van der Waals surface area contributed by atoms with E-state index in [0.29, 0.717) is 24.7 Å². The molecule has 0 aromatic heterocycles. The van der Waals surface area contributed by atoms with E-state index in [-0.39, 0.29) is 11.6 Å². The molecule has 1 amide bonds. The highest BCUT2D eigenvalue weighted by atomic mass is 32.2. The van der Waals surface area contributed by atoms with Gasteiger partial charge in [-0.2, -0.15) is 13.2 Å². The minimum absolute atomic E-state index is 0.132. The molecular weight excluding hydrogens is 419 g/mol. The van der Waals surface area contributed by atoms with E-state index in [2.05, 4.69) is 14.9 Å². The van der Waals surface area contributed by atoms with Gasteiger partial charge < -0.3 is 10.2 Å². The highest BCUT2D eigenvalue weighted by molar-refractivity contribution is 7.92. The summed E-state index contributed by atoms with van der Waals surface area (Å²) in [6.07, 6.45) is -4.65. The van der Waals surface area contributed by atoms with E-state index >= 15 is 0 Å². The number of likely N-dealkylation sites (N-methyl/N-ethyl adjacent to an activating group) is 1. The molecule has 0 fully saturated rings. The van der Waals surface area contributed by atoms with Crippen molar-refractivity contribution >= 4 is 21.6 Å². The first-order valence-electron chi connectivity index (χ1n) is 9.37. The van der Waals surface area contributed by atoms with Gasteiger partial charge in [0.05, 0.1) is 10.5 Å². The Kier molecular flexibility index (Phi) is 7.85. The maximum atomic E-state index is 12.8. The summed E-state index contributed by atoms with van der Waals surface area (Å²) < 4.78 is 65.5. The molecule has 0 aliphatic carbocycles. The second kappa shape index (κ2) is 9.94. The van der Waals surface area contributed by atoms with Crippen molar-refractivity contribution < 1.29 is 26.4 Å². The second-order valence-corrected chi connectivity index (χ2v) is 8.17. The van der Waals surface area contributed by atoms with Crippen molar-refractivity contribution in [1.82, 2.24) is 10.2 Å². The van der Waals surface area contributed by atoms with E-state index in [1.807, 2.05) is 13.8 Å². The number of amides is 1. The Labute approximate surface area is 174 Å². The van der Waals surface area contributed by atoms with Crippen molar-refractivity contribution in [2.24, 2.45) is 0 Å². The zero-order valence-corrected chi connectivity index (χ0v) is 17.5. The summed E-state index contributed by atoms with van der Waals surface area (Å²) in [5.41, 5.74) is -0.578. The highest BCUT2D eigenvalue weighted by Crippen LogP contribution is 2.30. The summed E-state index contributed by atoms with van der Waals surface area (Å²) in [7, 11) is -4.21. The van der Waals surface area contributed by atoms with Crippen LogP contribution in [0.5, 0.6) is 0 Å². The van der Waals surface area contributed by atoms with Crippen LogP contribution in [0, 0.1) is 0 Å². The fraction of sp³-hybridized carbons (Fsp3) is 0.350. The number of rotatable bonds is 9. The van der Waals surface area contributed by atoms with Crippen LogP contribution in [0.2, 0.25) is 0 Å². The first-order chi connectivity index (χ1) is 14.1. The number of carbonyl (C=O) groups is 1. The lowest BCUT2D eigenvalue weighted by molar-refractivity contribution is -0.137. The minimum atomic E-state index is -4.65. The topological polar surface area (TPSA) is 78.5 Å². The van der Waals surface area contributed by atoms with Crippen molar-refractivity contribution in [3.63, 3.8) is 0 Å². The van der Waals surface area contributed by atoms with Crippen LogP contribution < -0.4 is 10.0 Å². The quantitative estimate of drug-likeness (QED) is 0.621. The molecular formula is C20H24F3N3O3S. The molecule has 2 aromatic carbocycles. The lowest BCUT2D eigenvalue weighted by Gasteiger charge is -2.18. The van der Waals surface area contributed by atoms with Crippen molar-refractivity contribution in [2.45, 2.75) is 24.9 Å². The third-order valence-corrected chi connectivity index (χ3v) is 5.86. The molecule has 0 saturated carbocycles. The smallest absolute Gasteiger partial charge is 0.351 e. The fourth-order valence-corrected chi connectivity index (χ4v) is 3.82. The summed E-state index contributed by atoms with van der Waals surface area (Å²) >= 11 is 0. The summed E-state index contributed by atoms with van der Waals surface area (Å²) in [6.45, 7) is 7.02. The van der Waals surface area contributed by atoms with Gasteiger partial charge in [0.25, 0.3) is 15.9 Å². The summed E-state index contributed by atoms with van der Waals surface area (Å²) in [5.74, 6) is -0.297. The van der Waals surface area contributed by atoms with Crippen molar-refractivity contribution in [1.29, 1.82) is 0 Å². The molecule has 0 saturated heterocycles. The molecule has 6 nitrogen and oxygen atoms in total. The van der Waals surface area contributed by atoms with Crippen molar-refractivity contribution in [2.75, 3.05) is 30.9 Å². The fourth-order valence-electron chi connectivity index (χ4n) is 2.71. The number of carbonyl (C=O) groups excluding carboxylic acids is 1. The number of benzene rings is 2. The zero-order chi connectivity index (χ0) is 22.4. The Morgan fingerprint density at radius 2 is 1.67 bits per heavy atom. The van der Waals surface area contributed by atoms with Gasteiger partial charge in [-0.25, -0.2) is 8.42 Å². The van der Waals surface area contributed by atoms with Crippen LogP contribution in [0.3, 0.4) is 0 Å². The Bertz CT molecular complexity index is 957. The number of nitrogens with one attached hydrogen (secondary N) is 2. The monoisotopic (exact) mass is 443 g/mol. The highest BCUT2D eigenvalue weighted by Gasteiger charge is 2.31. The average molecular weight is 443 g/mol. The Morgan fingerprint density at radius 3 is 2.23 bits per heavy atom. The van der Waals surface area contributed by atoms with Crippen LogP contribution in [0.15, 0.2) is 53.4 Å². The molecule has 30 heavy (non-hydrogen) atoms. The standard InChI is InChI=1S/C20H24F3N3O3S/c1-3-26(4-2)13-12-24-19(27)15-8-10-17(11-9-15)25-30(28,29)18-7-5-6-16(14-18)20(21,22)23/h5-11,14,25H,3-4,12-13H2,1-2H3,(H,24,27). The predicted molar refractivity (Wildman–Crippen MR) is 109 cm³/mol. The lowest BCUT2D eigenvalue weighted by Crippen LogP contribution is -2.34. The number of alkyl halides is 3. The molecule has 164 valence electrons. The maximum absolute atomic E-state index is 12.8. The second-order valence-electron chi connectivity index (χ2n) is 6.49. The number of hydrogen-bond donors (Lipinski definition) is 2. The number of hydrogen-bond acceptors (Lipinski definition) is 4. The normalized spacial score (nSPS) is 12.1. The van der Waals surface area contributed by atoms with Crippen LogP contribution in [-0.2, 0) is 16.2 Å². The van der Waals surface area contributed by atoms with E-state index in [1.165, 1.54) is 24.3 Å². The Morgan fingerprint density at radius 1 is 1.03 bits per heavy atom. The van der Waals surface area contributed by atoms with E-state index in [4.69, 9.17) is 0 Å². The first-order valence-corrected chi connectivity index (χ1v) is 10.9. The molecule has 10 heteroatoms. The van der Waals surface area contributed by atoms with Gasteiger partial charge in [-0.05, 0) is 55.6 Å². The Hall–Kier alpha value is -2.59. The minimum Gasteiger partial charge on any atom is -0.351 e. The summed E-state index contributed by atoms with van der Waals surface area (Å²) in [6, 6.07) is 9.12. The maximum Gasteiger partial charge on any atom is 0.416 e. The molecule has 2 aromatic rings. The number of anilines is 1. The van der Waals surface area contributed by atoms with Gasteiger partial charge in [0.1, 0.15) is 0 Å². The first kappa shape index (κ1) is 23.7. The molecule has 0 atom stereocenters. The number of sulfonamides is 1. The van der Waals surface area contributed by atoms with E-state index < -0.39 is 26.7 Å². The van der Waals surface area contributed by atoms with Crippen LogP contribution >= 0.6 is 0 Å². The van der Waals surface area contributed by atoms with E-state index in [9.17, 15) is 26.4 Å². The lowest BCUT2D eigenvalue weighted by atomic mass is 10.2.